The van der Waals surface area contributed by atoms with Crippen molar-refractivity contribution < 1.29 is 9.59 Å². The summed E-state index contributed by atoms with van der Waals surface area (Å²) in [5.41, 5.74) is 0.664. The second-order valence-corrected chi connectivity index (χ2v) is 4.64. The van der Waals surface area contributed by atoms with Gasteiger partial charge >= 0.3 is 0 Å². The second kappa shape index (κ2) is 5.67. The lowest BCUT2D eigenvalue weighted by Crippen LogP contribution is -2.49. The number of carbonyl (C=O) groups excluding carboxylic acids is 2. The van der Waals surface area contributed by atoms with Gasteiger partial charge in [-0.3, -0.25) is 9.59 Å². The third-order valence-corrected chi connectivity index (χ3v) is 3.24. The standard InChI is InChI=1S/C14H18N2O2/c1-11(17)16-9-5-8-13(10-16)15-14(18)12-6-3-2-4-7-12/h2-4,6-7,13H,5,8-10H2,1H3,(H,15,18). The minimum atomic E-state index is -0.0639. The predicted molar refractivity (Wildman–Crippen MR) is 69.2 cm³/mol. The molecule has 4 nitrogen and oxygen atoms in total. The van der Waals surface area contributed by atoms with Gasteiger partial charge in [0.05, 0.1) is 0 Å². The van der Waals surface area contributed by atoms with Crippen LogP contribution in [0.5, 0.6) is 0 Å². The number of nitrogens with one attached hydrogen (secondary N) is 1. The fourth-order valence-electron chi connectivity index (χ4n) is 2.24. The Bertz CT molecular complexity index is 431. The molecule has 1 aromatic rings. The van der Waals surface area contributed by atoms with Gasteiger partial charge < -0.3 is 10.2 Å². The Kier molecular flexibility index (Phi) is 3.97. The Labute approximate surface area is 107 Å². The maximum absolute atomic E-state index is 12.0. The number of amides is 2. The molecule has 1 aliphatic rings. The summed E-state index contributed by atoms with van der Waals surface area (Å²) in [5, 5.41) is 2.99. The van der Waals surface area contributed by atoms with E-state index in [1.54, 1.807) is 24.0 Å². The largest absolute Gasteiger partial charge is 0.348 e. The van der Waals surface area contributed by atoms with Crippen LogP contribution in [-0.4, -0.2) is 35.8 Å². The molecule has 0 saturated carbocycles. The van der Waals surface area contributed by atoms with E-state index >= 15 is 0 Å². The molecular weight excluding hydrogens is 228 g/mol. The van der Waals surface area contributed by atoms with Gasteiger partial charge in [0.15, 0.2) is 0 Å². The first-order valence-corrected chi connectivity index (χ1v) is 6.28. The van der Waals surface area contributed by atoms with Crippen LogP contribution in [0.25, 0.3) is 0 Å². The Morgan fingerprint density at radius 3 is 2.67 bits per heavy atom. The van der Waals surface area contributed by atoms with Crippen LogP contribution in [0.4, 0.5) is 0 Å². The van der Waals surface area contributed by atoms with Gasteiger partial charge in [0.1, 0.15) is 0 Å². The summed E-state index contributed by atoms with van der Waals surface area (Å²) >= 11 is 0. The van der Waals surface area contributed by atoms with Crippen LogP contribution in [0, 0.1) is 0 Å². The predicted octanol–water partition coefficient (Wildman–Crippen LogP) is 1.43. The molecule has 2 rings (SSSR count). The summed E-state index contributed by atoms with van der Waals surface area (Å²) in [6.45, 7) is 2.99. The molecule has 0 radical (unpaired) electrons. The van der Waals surface area contributed by atoms with Crippen molar-refractivity contribution in [2.75, 3.05) is 13.1 Å². The van der Waals surface area contributed by atoms with Gasteiger partial charge in [0.2, 0.25) is 5.91 Å². The van der Waals surface area contributed by atoms with E-state index in [2.05, 4.69) is 5.32 Å². The topological polar surface area (TPSA) is 49.4 Å². The quantitative estimate of drug-likeness (QED) is 0.858. The van der Waals surface area contributed by atoms with Crippen molar-refractivity contribution in [2.45, 2.75) is 25.8 Å². The first kappa shape index (κ1) is 12.6. The van der Waals surface area contributed by atoms with E-state index < -0.39 is 0 Å². The van der Waals surface area contributed by atoms with E-state index in [1.165, 1.54) is 0 Å². The molecule has 96 valence electrons. The normalized spacial score (nSPS) is 19.4. The van der Waals surface area contributed by atoms with E-state index in [4.69, 9.17) is 0 Å². The zero-order valence-corrected chi connectivity index (χ0v) is 10.6. The summed E-state index contributed by atoms with van der Waals surface area (Å²) in [7, 11) is 0. The van der Waals surface area contributed by atoms with Crippen molar-refractivity contribution in [2.24, 2.45) is 0 Å². The third-order valence-electron chi connectivity index (χ3n) is 3.24. The van der Waals surface area contributed by atoms with Crippen LogP contribution >= 0.6 is 0 Å². The minimum Gasteiger partial charge on any atom is -0.348 e. The molecule has 0 aliphatic carbocycles. The van der Waals surface area contributed by atoms with Crippen molar-refractivity contribution in [1.82, 2.24) is 10.2 Å². The van der Waals surface area contributed by atoms with Crippen molar-refractivity contribution in [3.63, 3.8) is 0 Å². The lowest BCUT2D eigenvalue weighted by atomic mass is 10.0. The van der Waals surface area contributed by atoms with Crippen molar-refractivity contribution >= 4 is 11.8 Å². The molecule has 1 heterocycles. The van der Waals surface area contributed by atoms with Crippen LogP contribution < -0.4 is 5.32 Å². The molecule has 1 aliphatic heterocycles. The molecule has 0 spiro atoms. The first-order chi connectivity index (χ1) is 8.66. The highest BCUT2D eigenvalue weighted by Gasteiger charge is 2.22. The zero-order valence-electron chi connectivity index (χ0n) is 10.6. The van der Waals surface area contributed by atoms with Crippen LogP contribution in [0.2, 0.25) is 0 Å². The van der Waals surface area contributed by atoms with Crippen molar-refractivity contribution in [3.8, 4) is 0 Å². The maximum Gasteiger partial charge on any atom is 0.251 e. The Morgan fingerprint density at radius 1 is 1.28 bits per heavy atom. The van der Waals surface area contributed by atoms with E-state index in [1.807, 2.05) is 18.2 Å². The van der Waals surface area contributed by atoms with Gasteiger partial charge in [-0.25, -0.2) is 0 Å². The third kappa shape index (κ3) is 3.09. The summed E-state index contributed by atoms with van der Waals surface area (Å²) in [6, 6.07) is 9.22. The Balaban J connectivity index is 1.93. The molecule has 1 N–H and O–H groups in total. The fourth-order valence-corrected chi connectivity index (χ4v) is 2.24. The van der Waals surface area contributed by atoms with Gasteiger partial charge in [-0.15, -0.1) is 0 Å². The van der Waals surface area contributed by atoms with E-state index in [0.717, 1.165) is 19.4 Å². The minimum absolute atomic E-state index is 0.0639. The van der Waals surface area contributed by atoms with Crippen LogP contribution in [0.15, 0.2) is 30.3 Å². The molecule has 1 fully saturated rings. The lowest BCUT2D eigenvalue weighted by molar-refractivity contribution is -0.130. The van der Waals surface area contributed by atoms with Gasteiger partial charge in [-0.2, -0.15) is 0 Å². The number of nitrogens with zero attached hydrogens (tertiary/aromatic N) is 1. The van der Waals surface area contributed by atoms with Crippen molar-refractivity contribution in [1.29, 1.82) is 0 Å². The number of rotatable bonds is 2. The SMILES string of the molecule is CC(=O)N1CCCC(NC(=O)c2ccccc2)C1. The Hall–Kier alpha value is -1.84. The number of carbonyl (C=O) groups is 2. The number of hydrogen-bond donors (Lipinski definition) is 1. The first-order valence-electron chi connectivity index (χ1n) is 6.28. The zero-order chi connectivity index (χ0) is 13.0. The van der Waals surface area contributed by atoms with E-state index in [0.29, 0.717) is 12.1 Å². The van der Waals surface area contributed by atoms with E-state index in [-0.39, 0.29) is 17.9 Å². The number of likely N-dealkylation sites (tertiary alicyclic amines) is 1. The summed E-state index contributed by atoms with van der Waals surface area (Å²) < 4.78 is 0. The maximum atomic E-state index is 12.0. The summed E-state index contributed by atoms with van der Waals surface area (Å²) in [5.74, 6) is 0.0136. The average Bonchev–Trinajstić information content (AvgIpc) is 2.40. The summed E-state index contributed by atoms with van der Waals surface area (Å²) in [4.78, 5) is 25.1. The highest BCUT2D eigenvalue weighted by Crippen LogP contribution is 2.11. The number of benzene rings is 1. The summed E-state index contributed by atoms with van der Waals surface area (Å²) in [6.07, 6.45) is 1.88. The second-order valence-electron chi connectivity index (χ2n) is 4.64. The molecule has 2 amide bonds. The fraction of sp³-hybridized carbons (Fsp3) is 0.429. The number of piperidine rings is 1. The van der Waals surface area contributed by atoms with Crippen LogP contribution in [0.1, 0.15) is 30.1 Å². The molecular formula is C14H18N2O2. The molecule has 4 heteroatoms. The van der Waals surface area contributed by atoms with Crippen LogP contribution in [-0.2, 0) is 4.79 Å². The van der Waals surface area contributed by atoms with Gasteiger partial charge in [-0.05, 0) is 25.0 Å². The van der Waals surface area contributed by atoms with Gasteiger partial charge in [0.25, 0.3) is 5.91 Å². The molecule has 1 atom stereocenters. The smallest absolute Gasteiger partial charge is 0.251 e. The molecule has 1 aromatic carbocycles. The van der Waals surface area contributed by atoms with Gasteiger partial charge in [0, 0.05) is 31.6 Å². The number of hydrogen-bond acceptors (Lipinski definition) is 2. The van der Waals surface area contributed by atoms with E-state index in [9.17, 15) is 9.59 Å². The van der Waals surface area contributed by atoms with Gasteiger partial charge in [-0.1, -0.05) is 18.2 Å². The Morgan fingerprint density at radius 2 is 2.00 bits per heavy atom. The highest BCUT2D eigenvalue weighted by molar-refractivity contribution is 5.94. The molecule has 1 saturated heterocycles. The van der Waals surface area contributed by atoms with Crippen LogP contribution in [0.3, 0.4) is 0 Å². The average molecular weight is 246 g/mol. The monoisotopic (exact) mass is 246 g/mol. The molecule has 0 bridgehead atoms. The molecule has 18 heavy (non-hydrogen) atoms. The lowest BCUT2D eigenvalue weighted by Gasteiger charge is -2.32. The van der Waals surface area contributed by atoms with Crippen molar-refractivity contribution in [3.05, 3.63) is 35.9 Å². The highest BCUT2D eigenvalue weighted by atomic mass is 16.2. The molecule has 1 unspecified atom stereocenters. The molecule has 0 aromatic heterocycles.